The first kappa shape index (κ1) is 25.1. The van der Waals surface area contributed by atoms with Crippen LogP contribution in [0.4, 0.5) is 8.78 Å². The zero-order chi connectivity index (χ0) is 21.3. The summed E-state index contributed by atoms with van der Waals surface area (Å²) >= 11 is 0. The molecule has 9 heteroatoms. The minimum absolute atomic E-state index is 0. The van der Waals surface area contributed by atoms with Gasteiger partial charge in [0, 0.05) is 45.3 Å². The Morgan fingerprint density at radius 3 is 2.65 bits per heavy atom. The Morgan fingerprint density at radius 1 is 1.16 bits per heavy atom. The summed E-state index contributed by atoms with van der Waals surface area (Å²) in [4.78, 5) is 6.61. The summed E-state index contributed by atoms with van der Waals surface area (Å²) in [7, 11) is 3.20. The highest BCUT2D eigenvalue weighted by Crippen LogP contribution is 2.25. The van der Waals surface area contributed by atoms with E-state index < -0.39 is 6.61 Å². The first-order valence-electron chi connectivity index (χ1n) is 9.94. The van der Waals surface area contributed by atoms with Gasteiger partial charge < -0.3 is 20.1 Å². The fourth-order valence-corrected chi connectivity index (χ4v) is 3.51. The van der Waals surface area contributed by atoms with Crippen molar-refractivity contribution in [2.75, 3.05) is 33.8 Å². The van der Waals surface area contributed by atoms with Crippen LogP contribution in [-0.4, -0.2) is 51.3 Å². The van der Waals surface area contributed by atoms with Crippen molar-refractivity contribution in [1.29, 1.82) is 0 Å². The molecule has 170 valence electrons. The molecule has 2 N–H and O–H groups in total. The lowest BCUT2D eigenvalue weighted by Gasteiger charge is -2.28. The van der Waals surface area contributed by atoms with Crippen LogP contribution in [0, 0.1) is 0 Å². The number of rotatable bonds is 8. The molecule has 0 atom stereocenters. The molecule has 31 heavy (non-hydrogen) atoms. The molecule has 0 saturated carbocycles. The van der Waals surface area contributed by atoms with Gasteiger partial charge in [-0.25, -0.2) is 0 Å². The number of hydrogen-bond donors (Lipinski definition) is 2. The number of nitrogens with zero attached hydrogens (tertiary/aromatic N) is 2. The number of ether oxygens (including phenoxy) is 2. The molecule has 0 aromatic heterocycles. The fourth-order valence-electron chi connectivity index (χ4n) is 3.51. The molecule has 0 unspecified atom stereocenters. The summed E-state index contributed by atoms with van der Waals surface area (Å²) in [5.74, 6) is 1.28. The normalized spacial score (nSPS) is 13.9. The van der Waals surface area contributed by atoms with E-state index >= 15 is 0 Å². The lowest BCUT2D eigenvalue weighted by atomic mass is 10.00. The highest BCUT2D eigenvalue weighted by molar-refractivity contribution is 14.0. The average molecular weight is 546 g/mol. The van der Waals surface area contributed by atoms with Crippen LogP contribution in [0.5, 0.6) is 11.5 Å². The number of benzene rings is 2. The van der Waals surface area contributed by atoms with Crippen molar-refractivity contribution in [2.45, 2.75) is 26.1 Å². The second kappa shape index (κ2) is 12.7. The van der Waals surface area contributed by atoms with Crippen LogP contribution >= 0.6 is 24.0 Å². The second-order valence-corrected chi connectivity index (χ2v) is 7.00. The van der Waals surface area contributed by atoms with Crippen molar-refractivity contribution in [2.24, 2.45) is 4.99 Å². The van der Waals surface area contributed by atoms with Crippen LogP contribution in [0.1, 0.15) is 16.7 Å². The third-order valence-corrected chi connectivity index (χ3v) is 5.08. The topological polar surface area (TPSA) is 58.1 Å². The summed E-state index contributed by atoms with van der Waals surface area (Å²) in [5.41, 5.74) is 3.38. The van der Waals surface area contributed by atoms with E-state index in [4.69, 9.17) is 4.74 Å². The summed E-state index contributed by atoms with van der Waals surface area (Å²) in [6.07, 6.45) is 1.06. The van der Waals surface area contributed by atoms with Gasteiger partial charge in [0.05, 0.1) is 7.11 Å². The molecule has 0 spiro atoms. The van der Waals surface area contributed by atoms with E-state index in [0.717, 1.165) is 32.6 Å². The first-order chi connectivity index (χ1) is 14.6. The molecule has 2 aromatic carbocycles. The van der Waals surface area contributed by atoms with Gasteiger partial charge in [-0.1, -0.05) is 24.3 Å². The van der Waals surface area contributed by atoms with Gasteiger partial charge in [0.15, 0.2) is 5.96 Å². The van der Waals surface area contributed by atoms with Gasteiger partial charge in [0.25, 0.3) is 0 Å². The van der Waals surface area contributed by atoms with E-state index in [1.807, 2.05) is 0 Å². The SMILES string of the molecule is CN=C(NCCN1CCc2ccccc2C1)NCc1cc(OC)ccc1OC(F)F.I. The summed E-state index contributed by atoms with van der Waals surface area (Å²) in [6.45, 7) is 0.971. The third-order valence-electron chi connectivity index (χ3n) is 5.08. The Hall–Kier alpha value is -2.14. The highest BCUT2D eigenvalue weighted by atomic mass is 127. The Labute approximate surface area is 199 Å². The molecule has 1 heterocycles. The lowest BCUT2D eigenvalue weighted by molar-refractivity contribution is -0.0504. The molecule has 0 saturated heterocycles. The number of methoxy groups -OCH3 is 1. The molecular formula is C22H29F2IN4O2. The average Bonchev–Trinajstić information content (AvgIpc) is 2.76. The highest BCUT2D eigenvalue weighted by Gasteiger charge is 2.15. The van der Waals surface area contributed by atoms with Crippen LogP contribution in [0.2, 0.25) is 0 Å². The van der Waals surface area contributed by atoms with Crippen molar-refractivity contribution in [3.63, 3.8) is 0 Å². The van der Waals surface area contributed by atoms with E-state index in [1.165, 1.54) is 24.3 Å². The van der Waals surface area contributed by atoms with E-state index in [1.54, 1.807) is 19.2 Å². The van der Waals surface area contributed by atoms with Gasteiger partial charge in [-0.05, 0) is 35.7 Å². The number of halogens is 3. The molecule has 1 aliphatic heterocycles. The lowest BCUT2D eigenvalue weighted by Crippen LogP contribution is -2.42. The zero-order valence-electron chi connectivity index (χ0n) is 17.7. The van der Waals surface area contributed by atoms with Crippen LogP contribution in [0.15, 0.2) is 47.5 Å². The van der Waals surface area contributed by atoms with Crippen LogP contribution in [0.3, 0.4) is 0 Å². The van der Waals surface area contributed by atoms with E-state index in [2.05, 4.69) is 49.5 Å². The van der Waals surface area contributed by atoms with Crippen LogP contribution < -0.4 is 20.1 Å². The van der Waals surface area contributed by atoms with Crippen molar-refractivity contribution in [3.05, 3.63) is 59.2 Å². The molecule has 0 aliphatic carbocycles. The zero-order valence-corrected chi connectivity index (χ0v) is 20.1. The second-order valence-electron chi connectivity index (χ2n) is 7.00. The van der Waals surface area contributed by atoms with Gasteiger partial charge in [-0.3, -0.25) is 9.89 Å². The Balaban J connectivity index is 0.00000341. The molecule has 0 bridgehead atoms. The standard InChI is InChI=1S/C22H28F2N4O2.HI/c1-25-22(26-10-12-28-11-9-16-5-3-4-6-17(16)15-28)27-14-18-13-19(29-2)7-8-20(18)30-21(23)24;/h3-8,13,21H,9-12,14-15H2,1-2H3,(H2,25,26,27);1H. The Morgan fingerprint density at radius 2 is 1.94 bits per heavy atom. The number of aliphatic imine (C=N–C) groups is 1. The maximum atomic E-state index is 12.7. The van der Waals surface area contributed by atoms with Crippen LogP contribution in [-0.2, 0) is 19.5 Å². The van der Waals surface area contributed by atoms with E-state index in [0.29, 0.717) is 17.3 Å². The first-order valence-corrected chi connectivity index (χ1v) is 9.94. The molecule has 2 aromatic rings. The van der Waals surface area contributed by atoms with E-state index in [9.17, 15) is 8.78 Å². The quantitative estimate of drug-likeness (QED) is 0.301. The maximum absolute atomic E-state index is 12.7. The minimum atomic E-state index is -2.88. The monoisotopic (exact) mass is 546 g/mol. The van der Waals surface area contributed by atoms with Crippen molar-refractivity contribution < 1.29 is 18.3 Å². The number of hydrogen-bond acceptors (Lipinski definition) is 4. The number of alkyl halides is 2. The fraction of sp³-hybridized carbons (Fsp3) is 0.409. The van der Waals surface area contributed by atoms with Gasteiger partial charge in [-0.15, -0.1) is 24.0 Å². The number of nitrogens with one attached hydrogen (secondary N) is 2. The molecule has 1 aliphatic rings. The van der Waals surface area contributed by atoms with Gasteiger partial charge in [-0.2, -0.15) is 8.78 Å². The molecule has 0 amide bonds. The molecule has 3 rings (SSSR count). The Bertz CT molecular complexity index is 867. The molecule has 0 fully saturated rings. The van der Waals surface area contributed by atoms with Gasteiger partial charge in [0.2, 0.25) is 0 Å². The number of guanidine groups is 1. The predicted molar refractivity (Wildman–Crippen MR) is 129 cm³/mol. The number of fused-ring (bicyclic) bond motifs is 1. The van der Waals surface area contributed by atoms with Crippen molar-refractivity contribution in [1.82, 2.24) is 15.5 Å². The smallest absolute Gasteiger partial charge is 0.387 e. The van der Waals surface area contributed by atoms with Crippen LogP contribution in [0.25, 0.3) is 0 Å². The largest absolute Gasteiger partial charge is 0.497 e. The van der Waals surface area contributed by atoms with Crippen molar-refractivity contribution >= 4 is 29.9 Å². The maximum Gasteiger partial charge on any atom is 0.387 e. The molecule has 0 radical (unpaired) electrons. The molecule has 6 nitrogen and oxygen atoms in total. The summed E-state index contributed by atoms with van der Waals surface area (Å²) in [6, 6.07) is 13.3. The predicted octanol–water partition coefficient (Wildman–Crippen LogP) is 3.64. The summed E-state index contributed by atoms with van der Waals surface area (Å²) < 4.78 is 35.1. The van der Waals surface area contributed by atoms with Gasteiger partial charge in [0.1, 0.15) is 11.5 Å². The Kier molecular flexibility index (Phi) is 10.3. The third kappa shape index (κ3) is 7.49. The van der Waals surface area contributed by atoms with E-state index in [-0.39, 0.29) is 36.3 Å². The van der Waals surface area contributed by atoms with Gasteiger partial charge >= 0.3 is 6.61 Å². The minimum Gasteiger partial charge on any atom is -0.497 e. The van der Waals surface area contributed by atoms with Crippen molar-refractivity contribution in [3.8, 4) is 11.5 Å². The molecular weight excluding hydrogens is 517 g/mol. The summed E-state index contributed by atoms with van der Waals surface area (Å²) in [5, 5.41) is 6.42.